The molecule has 6 nitrogen and oxygen atoms in total. The van der Waals surface area contributed by atoms with Gasteiger partial charge in [0.05, 0.1) is 5.69 Å². The Morgan fingerprint density at radius 2 is 2.00 bits per heavy atom. The van der Waals surface area contributed by atoms with E-state index in [0.29, 0.717) is 43.2 Å². The van der Waals surface area contributed by atoms with Gasteiger partial charge in [-0.2, -0.15) is 0 Å². The van der Waals surface area contributed by atoms with Crippen molar-refractivity contribution in [3.05, 3.63) is 69.3 Å². The van der Waals surface area contributed by atoms with E-state index in [1.807, 2.05) is 5.38 Å². The minimum Gasteiger partial charge on any atom is -0.336 e. The van der Waals surface area contributed by atoms with Gasteiger partial charge in [-0.3, -0.25) is 18.9 Å². The molecule has 0 radical (unpaired) electrons. The third-order valence-electron chi connectivity index (χ3n) is 4.47. The predicted molar refractivity (Wildman–Crippen MR) is 96.9 cm³/mol. The minimum absolute atomic E-state index is 0.0776. The summed E-state index contributed by atoms with van der Waals surface area (Å²) in [5.41, 5.74) is 1.03. The first-order valence-corrected chi connectivity index (χ1v) is 9.21. The molecule has 1 aliphatic heterocycles. The highest BCUT2D eigenvalue weighted by molar-refractivity contribution is 7.15. The Labute approximate surface area is 153 Å². The van der Waals surface area contributed by atoms with Crippen LogP contribution in [0, 0.1) is 5.82 Å². The van der Waals surface area contributed by atoms with Gasteiger partial charge in [0, 0.05) is 55.9 Å². The third-order valence-corrected chi connectivity index (χ3v) is 5.23. The Morgan fingerprint density at radius 3 is 2.77 bits per heavy atom. The van der Waals surface area contributed by atoms with Crippen molar-refractivity contribution in [3.8, 4) is 0 Å². The van der Waals surface area contributed by atoms with Gasteiger partial charge in [0.25, 0.3) is 11.5 Å². The summed E-state index contributed by atoms with van der Waals surface area (Å²) in [4.78, 5) is 33.6. The first-order chi connectivity index (χ1) is 12.6. The highest BCUT2D eigenvalue weighted by Crippen LogP contribution is 2.13. The fourth-order valence-electron chi connectivity index (χ4n) is 3.11. The van der Waals surface area contributed by atoms with Crippen molar-refractivity contribution in [1.29, 1.82) is 0 Å². The molecule has 3 aromatic rings. The van der Waals surface area contributed by atoms with Crippen molar-refractivity contribution in [2.45, 2.75) is 6.54 Å². The van der Waals surface area contributed by atoms with E-state index in [2.05, 4.69) is 9.88 Å². The number of nitrogens with zero attached hydrogens (tertiary/aromatic N) is 4. The molecule has 0 saturated carbocycles. The maximum absolute atomic E-state index is 13.3. The normalized spacial score (nSPS) is 15.5. The van der Waals surface area contributed by atoms with Gasteiger partial charge < -0.3 is 4.90 Å². The number of amides is 1. The maximum atomic E-state index is 13.3. The molecule has 0 bridgehead atoms. The molecular weight excluding hydrogens is 355 g/mol. The molecule has 3 heterocycles. The quantitative estimate of drug-likeness (QED) is 0.704. The number of thiazole rings is 1. The van der Waals surface area contributed by atoms with Gasteiger partial charge in [0.1, 0.15) is 5.82 Å². The van der Waals surface area contributed by atoms with E-state index in [1.54, 1.807) is 29.3 Å². The van der Waals surface area contributed by atoms with Crippen molar-refractivity contribution in [2.75, 3.05) is 26.2 Å². The molecule has 0 spiro atoms. The smallest absolute Gasteiger partial charge is 0.258 e. The number of carbonyl (C=O) groups excluding carboxylic acids is 1. The Kier molecular flexibility index (Phi) is 4.52. The van der Waals surface area contributed by atoms with E-state index in [4.69, 9.17) is 0 Å². The zero-order chi connectivity index (χ0) is 18.1. The van der Waals surface area contributed by atoms with E-state index in [0.717, 1.165) is 5.69 Å². The Balaban J connectivity index is 1.40. The van der Waals surface area contributed by atoms with Crippen LogP contribution >= 0.6 is 11.3 Å². The molecule has 2 aromatic heterocycles. The monoisotopic (exact) mass is 372 g/mol. The Bertz CT molecular complexity index is 1010. The number of hydrogen-bond acceptors (Lipinski definition) is 5. The van der Waals surface area contributed by atoms with Crippen LogP contribution < -0.4 is 5.56 Å². The third kappa shape index (κ3) is 3.38. The summed E-state index contributed by atoms with van der Waals surface area (Å²) in [7, 11) is 0. The van der Waals surface area contributed by atoms with Crippen LogP contribution in [-0.2, 0) is 6.54 Å². The summed E-state index contributed by atoms with van der Waals surface area (Å²) in [6.07, 6.45) is 1.72. The summed E-state index contributed by atoms with van der Waals surface area (Å²) in [5.74, 6) is -0.559. The fourth-order valence-corrected chi connectivity index (χ4v) is 3.85. The van der Waals surface area contributed by atoms with Crippen LogP contribution in [-0.4, -0.2) is 51.3 Å². The average molecular weight is 372 g/mol. The van der Waals surface area contributed by atoms with Crippen molar-refractivity contribution >= 4 is 22.2 Å². The van der Waals surface area contributed by atoms with Crippen molar-refractivity contribution in [1.82, 2.24) is 19.2 Å². The van der Waals surface area contributed by atoms with Gasteiger partial charge in [-0.25, -0.2) is 9.37 Å². The standard InChI is InChI=1S/C18H17FN4O2S/c19-14-3-1-2-13(10-14)17(25)22-6-4-21(5-7-22)12-15-11-16(24)23-8-9-26-18(23)20-15/h1-3,8-11H,4-7,12H2. The molecule has 0 atom stereocenters. The van der Waals surface area contributed by atoms with Gasteiger partial charge in [0.2, 0.25) is 0 Å². The van der Waals surface area contributed by atoms with Crippen LogP contribution in [0.1, 0.15) is 16.1 Å². The average Bonchev–Trinajstić information content (AvgIpc) is 3.11. The minimum atomic E-state index is -0.407. The van der Waals surface area contributed by atoms with E-state index in [9.17, 15) is 14.0 Å². The van der Waals surface area contributed by atoms with E-state index < -0.39 is 5.82 Å². The number of halogens is 1. The fraction of sp³-hybridized carbons (Fsp3) is 0.278. The zero-order valence-corrected chi connectivity index (χ0v) is 14.8. The van der Waals surface area contributed by atoms with Crippen molar-refractivity contribution in [2.24, 2.45) is 0 Å². The van der Waals surface area contributed by atoms with E-state index in [1.165, 1.54) is 27.9 Å². The number of hydrogen-bond donors (Lipinski definition) is 0. The largest absolute Gasteiger partial charge is 0.336 e. The predicted octanol–water partition coefficient (Wildman–Crippen LogP) is 1.85. The Hall–Kier alpha value is -2.58. The summed E-state index contributed by atoms with van der Waals surface area (Å²) >= 11 is 1.43. The first kappa shape index (κ1) is 16.9. The molecule has 0 unspecified atom stereocenters. The van der Waals surface area contributed by atoms with Gasteiger partial charge in [-0.15, -0.1) is 11.3 Å². The van der Waals surface area contributed by atoms with Crippen LogP contribution in [0.5, 0.6) is 0 Å². The van der Waals surface area contributed by atoms with Crippen LogP contribution in [0.4, 0.5) is 4.39 Å². The summed E-state index contributed by atoms with van der Waals surface area (Å²) in [5, 5.41) is 1.84. The van der Waals surface area contributed by atoms with Gasteiger partial charge in [-0.05, 0) is 18.2 Å². The second kappa shape index (κ2) is 6.97. The first-order valence-electron chi connectivity index (χ1n) is 8.33. The van der Waals surface area contributed by atoms with E-state index in [-0.39, 0.29) is 11.5 Å². The number of fused-ring (bicyclic) bond motifs is 1. The highest BCUT2D eigenvalue weighted by atomic mass is 32.1. The Morgan fingerprint density at radius 1 is 1.19 bits per heavy atom. The lowest BCUT2D eigenvalue weighted by Gasteiger charge is -2.34. The molecule has 1 fully saturated rings. The maximum Gasteiger partial charge on any atom is 0.258 e. The molecule has 26 heavy (non-hydrogen) atoms. The molecule has 0 N–H and O–H groups in total. The number of rotatable bonds is 3. The van der Waals surface area contributed by atoms with Gasteiger partial charge >= 0.3 is 0 Å². The van der Waals surface area contributed by atoms with Gasteiger partial charge in [0.15, 0.2) is 4.96 Å². The van der Waals surface area contributed by atoms with Crippen LogP contribution in [0.15, 0.2) is 46.7 Å². The number of carbonyl (C=O) groups is 1. The molecule has 1 aliphatic rings. The second-order valence-electron chi connectivity index (χ2n) is 6.22. The number of aromatic nitrogens is 2. The molecule has 134 valence electrons. The van der Waals surface area contributed by atoms with E-state index >= 15 is 0 Å². The molecule has 1 aromatic carbocycles. The summed E-state index contributed by atoms with van der Waals surface area (Å²) < 4.78 is 14.8. The van der Waals surface area contributed by atoms with Crippen LogP contribution in [0.3, 0.4) is 0 Å². The highest BCUT2D eigenvalue weighted by Gasteiger charge is 2.22. The molecular formula is C18H17FN4O2S. The number of piperazine rings is 1. The topological polar surface area (TPSA) is 57.9 Å². The second-order valence-corrected chi connectivity index (χ2v) is 7.09. The van der Waals surface area contributed by atoms with Crippen molar-refractivity contribution < 1.29 is 9.18 Å². The molecule has 0 aliphatic carbocycles. The molecule has 1 saturated heterocycles. The number of benzene rings is 1. The van der Waals surface area contributed by atoms with Crippen molar-refractivity contribution in [3.63, 3.8) is 0 Å². The lowest BCUT2D eigenvalue weighted by atomic mass is 10.1. The summed E-state index contributed by atoms with van der Waals surface area (Å²) in [6, 6.07) is 7.33. The molecule has 8 heteroatoms. The molecule has 1 amide bonds. The van der Waals surface area contributed by atoms with Crippen LogP contribution in [0.25, 0.3) is 4.96 Å². The lowest BCUT2D eigenvalue weighted by Crippen LogP contribution is -2.48. The van der Waals surface area contributed by atoms with Crippen LogP contribution in [0.2, 0.25) is 0 Å². The zero-order valence-electron chi connectivity index (χ0n) is 14.0. The molecule has 4 rings (SSSR count). The lowest BCUT2D eigenvalue weighted by molar-refractivity contribution is 0.0626. The van der Waals surface area contributed by atoms with Gasteiger partial charge in [-0.1, -0.05) is 6.07 Å². The SMILES string of the molecule is O=C(c1cccc(F)c1)N1CCN(Cc2cc(=O)n3ccsc3n2)CC1. The summed E-state index contributed by atoms with van der Waals surface area (Å²) in [6.45, 7) is 3.08.